The molecule has 2 amide bonds. The molecule has 10 heteroatoms. The zero-order valence-corrected chi connectivity index (χ0v) is 17.9. The molecule has 0 saturated carbocycles. The van der Waals surface area contributed by atoms with Gasteiger partial charge in [-0.1, -0.05) is 11.6 Å². The van der Waals surface area contributed by atoms with Crippen LogP contribution in [-0.2, 0) is 23.9 Å². The van der Waals surface area contributed by atoms with Crippen molar-refractivity contribution in [2.24, 2.45) is 5.92 Å². The molecule has 2 atom stereocenters. The molecule has 2 aliphatic heterocycles. The van der Waals surface area contributed by atoms with E-state index in [0.717, 1.165) is 0 Å². The van der Waals surface area contributed by atoms with Crippen molar-refractivity contribution in [1.82, 2.24) is 4.90 Å². The molecule has 0 unspecified atom stereocenters. The number of esters is 1. The largest absolute Gasteiger partial charge is 0.495 e. The van der Waals surface area contributed by atoms with Gasteiger partial charge >= 0.3 is 5.97 Å². The van der Waals surface area contributed by atoms with Gasteiger partial charge in [-0.15, -0.1) is 0 Å². The third-order valence-electron chi connectivity index (χ3n) is 5.17. The Labute approximate surface area is 179 Å². The van der Waals surface area contributed by atoms with Crippen LogP contribution >= 0.6 is 11.6 Å². The molecule has 0 N–H and O–H groups in total. The number of anilines is 1. The number of morpholine rings is 1. The number of carbonyl (C=O) groups is 3. The van der Waals surface area contributed by atoms with Gasteiger partial charge in [0, 0.05) is 32.1 Å². The Morgan fingerprint density at radius 2 is 1.83 bits per heavy atom. The minimum atomic E-state index is -0.926. The van der Waals surface area contributed by atoms with Gasteiger partial charge in [0.15, 0.2) is 6.10 Å². The maximum Gasteiger partial charge on any atom is 0.312 e. The second-order valence-electron chi connectivity index (χ2n) is 7.08. The number of ether oxygens (including phenoxy) is 4. The molecule has 0 aliphatic carbocycles. The molecule has 30 heavy (non-hydrogen) atoms. The summed E-state index contributed by atoms with van der Waals surface area (Å²) in [5.74, 6) is -0.994. The summed E-state index contributed by atoms with van der Waals surface area (Å²) in [4.78, 5) is 40.7. The summed E-state index contributed by atoms with van der Waals surface area (Å²) in [6.07, 6.45) is -0.950. The molecule has 0 bridgehead atoms. The highest BCUT2D eigenvalue weighted by atomic mass is 35.5. The fourth-order valence-electron chi connectivity index (χ4n) is 3.52. The van der Waals surface area contributed by atoms with Crippen molar-refractivity contribution in [3.8, 4) is 11.5 Å². The molecular formula is C20H25ClN2O7. The van der Waals surface area contributed by atoms with Crippen LogP contribution in [0.2, 0.25) is 5.02 Å². The Balaban J connectivity index is 1.67. The van der Waals surface area contributed by atoms with E-state index in [2.05, 4.69) is 0 Å². The molecular weight excluding hydrogens is 416 g/mol. The van der Waals surface area contributed by atoms with E-state index in [1.165, 1.54) is 26.0 Å². The highest BCUT2D eigenvalue weighted by molar-refractivity contribution is 6.32. The zero-order chi connectivity index (χ0) is 21.8. The predicted molar refractivity (Wildman–Crippen MR) is 108 cm³/mol. The van der Waals surface area contributed by atoms with Crippen molar-refractivity contribution in [3.05, 3.63) is 17.2 Å². The third-order valence-corrected chi connectivity index (χ3v) is 5.46. The van der Waals surface area contributed by atoms with E-state index in [-0.39, 0.29) is 24.8 Å². The van der Waals surface area contributed by atoms with Gasteiger partial charge in [-0.3, -0.25) is 14.4 Å². The minimum Gasteiger partial charge on any atom is -0.495 e. The molecule has 2 fully saturated rings. The van der Waals surface area contributed by atoms with Gasteiger partial charge in [0.1, 0.15) is 11.5 Å². The molecule has 0 spiro atoms. The van der Waals surface area contributed by atoms with Crippen LogP contribution in [0.25, 0.3) is 0 Å². The number of nitrogens with zero attached hydrogens (tertiary/aromatic N) is 2. The molecule has 0 aromatic heterocycles. The lowest BCUT2D eigenvalue weighted by Gasteiger charge is -2.29. The second kappa shape index (κ2) is 9.53. The summed E-state index contributed by atoms with van der Waals surface area (Å²) in [5.41, 5.74) is 0.445. The molecule has 0 radical (unpaired) electrons. The number of halogens is 1. The number of methoxy groups -OCH3 is 2. The molecule has 2 saturated heterocycles. The lowest BCUT2D eigenvalue weighted by molar-refractivity contribution is -0.163. The van der Waals surface area contributed by atoms with Crippen LogP contribution in [0.1, 0.15) is 13.3 Å². The highest BCUT2D eigenvalue weighted by Gasteiger charge is 2.39. The van der Waals surface area contributed by atoms with Crippen molar-refractivity contribution in [2.45, 2.75) is 19.4 Å². The van der Waals surface area contributed by atoms with Crippen LogP contribution in [0, 0.1) is 5.92 Å². The molecule has 2 heterocycles. The summed E-state index contributed by atoms with van der Waals surface area (Å²) in [6, 6.07) is 3.15. The average molecular weight is 441 g/mol. The van der Waals surface area contributed by atoms with Crippen LogP contribution in [0.3, 0.4) is 0 Å². The second-order valence-corrected chi connectivity index (χ2v) is 7.49. The Hall–Kier alpha value is -2.52. The van der Waals surface area contributed by atoms with Crippen LogP contribution in [0.15, 0.2) is 12.1 Å². The van der Waals surface area contributed by atoms with E-state index >= 15 is 0 Å². The summed E-state index contributed by atoms with van der Waals surface area (Å²) in [5, 5.41) is 0.317. The molecule has 1 aromatic rings. The maximum absolute atomic E-state index is 12.6. The van der Waals surface area contributed by atoms with Crippen LogP contribution in [0.4, 0.5) is 5.69 Å². The van der Waals surface area contributed by atoms with Gasteiger partial charge < -0.3 is 28.7 Å². The maximum atomic E-state index is 12.6. The molecule has 1 aromatic carbocycles. The first kappa shape index (κ1) is 22.2. The number of hydrogen-bond acceptors (Lipinski definition) is 7. The Kier molecular flexibility index (Phi) is 7.04. The zero-order valence-electron chi connectivity index (χ0n) is 17.2. The van der Waals surface area contributed by atoms with Crippen LogP contribution in [-0.4, -0.2) is 75.9 Å². The number of amides is 2. The Morgan fingerprint density at radius 1 is 1.17 bits per heavy atom. The number of hydrogen-bond donors (Lipinski definition) is 0. The van der Waals surface area contributed by atoms with Gasteiger partial charge in [-0.05, 0) is 13.0 Å². The van der Waals surface area contributed by atoms with Crippen molar-refractivity contribution in [1.29, 1.82) is 0 Å². The fraction of sp³-hybridized carbons (Fsp3) is 0.550. The van der Waals surface area contributed by atoms with E-state index in [0.29, 0.717) is 48.5 Å². The van der Waals surface area contributed by atoms with E-state index in [4.69, 9.17) is 30.5 Å². The van der Waals surface area contributed by atoms with Gasteiger partial charge in [-0.25, -0.2) is 0 Å². The molecule has 3 rings (SSSR count). The topological polar surface area (TPSA) is 94.6 Å². The summed E-state index contributed by atoms with van der Waals surface area (Å²) < 4.78 is 21.1. The van der Waals surface area contributed by atoms with E-state index in [9.17, 15) is 14.4 Å². The van der Waals surface area contributed by atoms with Gasteiger partial charge in [0.25, 0.3) is 5.91 Å². The van der Waals surface area contributed by atoms with Crippen LogP contribution < -0.4 is 14.4 Å². The molecule has 2 aliphatic rings. The SMILES string of the molecule is COc1cc(OC)c(N2C[C@@H](C(=O)O[C@H](C)C(=O)N3CCOCC3)CC2=O)cc1Cl. The van der Waals surface area contributed by atoms with Gasteiger partial charge in [-0.2, -0.15) is 0 Å². The first-order valence-corrected chi connectivity index (χ1v) is 10.0. The van der Waals surface area contributed by atoms with Crippen molar-refractivity contribution >= 4 is 35.1 Å². The van der Waals surface area contributed by atoms with Crippen molar-refractivity contribution in [2.75, 3.05) is 52.0 Å². The summed E-state index contributed by atoms with van der Waals surface area (Å²) in [7, 11) is 2.95. The van der Waals surface area contributed by atoms with E-state index < -0.39 is 18.0 Å². The first-order valence-electron chi connectivity index (χ1n) is 9.64. The van der Waals surface area contributed by atoms with Crippen molar-refractivity contribution < 1.29 is 33.3 Å². The Morgan fingerprint density at radius 3 is 2.47 bits per heavy atom. The first-order chi connectivity index (χ1) is 14.3. The number of rotatable bonds is 6. The van der Waals surface area contributed by atoms with E-state index in [1.807, 2.05) is 0 Å². The smallest absolute Gasteiger partial charge is 0.312 e. The summed E-state index contributed by atoms with van der Waals surface area (Å²) >= 11 is 6.20. The lowest BCUT2D eigenvalue weighted by atomic mass is 10.1. The van der Waals surface area contributed by atoms with Crippen molar-refractivity contribution in [3.63, 3.8) is 0 Å². The Bertz CT molecular complexity index is 826. The van der Waals surface area contributed by atoms with Gasteiger partial charge in [0.2, 0.25) is 5.91 Å². The average Bonchev–Trinajstić information content (AvgIpc) is 3.15. The highest BCUT2D eigenvalue weighted by Crippen LogP contribution is 2.40. The number of carbonyl (C=O) groups excluding carboxylic acids is 3. The summed E-state index contributed by atoms with van der Waals surface area (Å²) in [6.45, 7) is 3.50. The normalized spacial score (nSPS) is 20.1. The van der Waals surface area contributed by atoms with Gasteiger partial charge in [0.05, 0.1) is 44.1 Å². The lowest BCUT2D eigenvalue weighted by Crippen LogP contribution is -2.46. The fourth-order valence-corrected chi connectivity index (χ4v) is 3.75. The third kappa shape index (κ3) is 4.62. The number of benzene rings is 1. The standard InChI is InChI=1S/C20H25ClN2O7/c1-12(19(25)22-4-6-29-7-5-22)30-20(26)13-8-18(24)23(11-13)15-9-14(21)16(27-2)10-17(15)28-3/h9-10,12-13H,4-8,11H2,1-3H3/t12-,13+/m1/s1. The minimum absolute atomic E-state index is 0.0237. The predicted octanol–water partition coefficient (Wildman–Crippen LogP) is 1.50. The molecule has 9 nitrogen and oxygen atoms in total. The van der Waals surface area contributed by atoms with E-state index in [1.54, 1.807) is 17.0 Å². The molecule has 164 valence electrons. The van der Waals surface area contributed by atoms with Crippen LogP contribution in [0.5, 0.6) is 11.5 Å². The quantitative estimate of drug-likeness (QED) is 0.618. The monoisotopic (exact) mass is 440 g/mol.